The normalized spacial score (nSPS) is 11.2. The molecule has 0 saturated carbocycles. The Kier molecular flexibility index (Phi) is 6.37. The summed E-state index contributed by atoms with van der Waals surface area (Å²) >= 11 is 0. The van der Waals surface area contributed by atoms with E-state index < -0.39 is 18.0 Å². The molecule has 0 radical (unpaired) electrons. The van der Waals surface area contributed by atoms with Gasteiger partial charge in [-0.2, -0.15) is 0 Å². The highest BCUT2D eigenvalue weighted by Crippen LogP contribution is 2.22. The summed E-state index contributed by atoms with van der Waals surface area (Å²) in [4.78, 5) is 35.1. The number of benzene rings is 3. The molecule has 3 aromatic rings. The lowest BCUT2D eigenvalue weighted by Crippen LogP contribution is -2.30. The number of nitrogens with one attached hydrogen (secondary N) is 1. The van der Waals surface area contributed by atoms with Crippen molar-refractivity contribution in [3.63, 3.8) is 0 Å². The first-order chi connectivity index (χ1) is 14.0. The van der Waals surface area contributed by atoms with Gasteiger partial charge in [-0.05, 0) is 55.5 Å². The smallest absolute Gasteiger partial charge is 0.338 e. The third kappa shape index (κ3) is 5.52. The number of esters is 1. The SMILES string of the molecule is C[C@H](OC(=O)c1ccc(C=O)cc1)C(=O)Nc1ccc(Oc2ccccc2)cc1. The first-order valence-electron chi connectivity index (χ1n) is 8.95. The van der Waals surface area contributed by atoms with Crippen molar-refractivity contribution in [1.29, 1.82) is 0 Å². The number of anilines is 1. The van der Waals surface area contributed by atoms with Gasteiger partial charge in [0.2, 0.25) is 0 Å². The Balaban J connectivity index is 1.54. The molecule has 0 aliphatic rings. The lowest BCUT2D eigenvalue weighted by atomic mass is 10.1. The highest BCUT2D eigenvalue weighted by atomic mass is 16.5. The minimum Gasteiger partial charge on any atom is -0.457 e. The van der Waals surface area contributed by atoms with E-state index in [1.54, 1.807) is 24.3 Å². The summed E-state index contributed by atoms with van der Waals surface area (Å²) in [7, 11) is 0. The molecular weight excluding hydrogens is 370 g/mol. The molecule has 3 aromatic carbocycles. The van der Waals surface area contributed by atoms with Crippen molar-refractivity contribution in [2.75, 3.05) is 5.32 Å². The zero-order valence-corrected chi connectivity index (χ0v) is 15.7. The molecule has 0 saturated heterocycles. The predicted octanol–water partition coefficient (Wildman–Crippen LogP) is 4.48. The number of carbonyl (C=O) groups excluding carboxylic acids is 3. The Morgan fingerprint density at radius 2 is 1.48 bits per heavy atom. The molecule has 146 valence electrons. The van der Waals surface area contributed by atoms with Gasteiger partial charge in [0.05, 0.1) is 5.56 Å². The minimum absolute atomic E-state index is 0.262. The van der Waals surface area contributed by atoms with Gasteiger partial charge in [0.1, 0.15) is 17.8 Å². The van der Waals surface area contributed by atoms with Gasteiger partial charge >= 0.3 is 5.97 Å². The summed E-state index contributed by atoms with van der Waals surface area (Å²) < 4.78 is 10.9. The van der Waals surface area contributed by atoms with Crippen LogP contribution in [0.4, 0.5) is 5.69 Å². The average Bonchev–Trinajstić information content (AvgIpc) is 2.75. The lowest BCUT2D eigenvalue weighted by molar-refractivity contribution is -0.123. The van der Waals surface area contributed by atoms with E-state index in [9.17, 15) is 14.4 Å². The molecule has 1 amide bonds. The summed E-state index contributed by atoms with van der Waals surface area (Å²) in [6.07, 6.45) is -0.310. The highest BCUT2D eigenvalue weighted by Gasteiger charge is 2.19. The number of hydrogen-bond acceptors (Lipinski definition) is 5. The van der Waals surface area contributed by atoms with E-state index in [-0.39, 0.29) is 5.56 Å². The van der Waals surface area contributed by atoms with Crippen LogP contribution in [0, 0.1) is 0 Å². The number of rotatable bonds is 7. The number of para-hydroxylation sites is 1. The number of hydrogen-bond donors (Lipinski definition) is 1. The molecular formula is C23H19NO5. The van der Waals surface area contributed by atoms with Crippen LogP contribution in [0.3, 0.4) is 0 Å². The monoisotopic (exact) mass is 389 g/mol. The van der Waals surface area contributed by atoms with Crippen molar-refractivity contribution in [2.24, 2.45) is 0 Å². The average molecular weight is 389 g/mol. The highest BCUT2D eigenvalue weighted by molar-refractivity contribution is 5.97. The van der Waals surface area contributed by atoms with Crippen LogP contribution in [-0.4, -0.2) is 24.3 Å². The van der Waals surface area contributed by atoms with Crippen molar-refractivity contribution in [1.82, 2.24) is 0 Å². The van der Waals surface area contributed by atoms with Crippen LogP contribution in [0.15, 0.2) is 78.9 Å². The number of amides is 1. The van der Waals surface area contributed by atoms with Crippen LogP contribution in [0.25, 0.3) is 0 Å². The van der Waals surface area contributed by atoms with Crippen molar-refractivity contribution in [3.8, 4) is 11.5 Å². The van der Waals surface area contributed by atoms with Gasteiger partial charge in [0, 0.05) is 11.3 Å². The second-order valence-corrected chi connectivity index (χ2v) is 6.22. The second kappa shape index (κ2) is 9.32. The van der Waals surface area contributed by atoms with E-state index in [0.717, 1.165) is 0 Å². The van der Waals surface area contributed by atoms with Gasteiger partial charge in [0.25, 0.3) is 5.91 Å². The molecule has 0 unspecified atom stereocenters. The second-order valence-electron chi connectivity index (χ2n) is 6.22. The summed E-state index contributed by atoms with van der Waals surface area (Å²) in [5, 5.41) is 2.69. The van der Waals surface area contributed by atoms with Crippen LogP contribution in [0.2, 0.25) is 0 Å². The van der Waals surface area contributed by atoms with E-state index in [2.05, 4.69) is 5.32 Å². The minimum atomic E-state index is -0.992. The van der Waals surface area contributed by atoms with Gasteiger partial charge < -0.3 is 14.8 Å². The van der Waals surface area contributed by atoms with E-state index in [4.69, 9.17) is 9.47 Å². The Labute approximate surface area is 168 Å². The maximum atomic E-state index is 12.3. The van der Waals surface area contributed by atoms with Crippen molar-refractivity contribution in [3.05, 3.63) is 90.0 Å². The zero-order valence-electron chi connectivity index (χ0n) is 15.7. The topological polar surface area (TPSA) is 81.7 Å². The Morgan fingerprint density at radius 3 is 2.10 bits per heavy atom. The molecule has 1 N–H and O–H groups in total. The first kappa shape index (κ1) is 19.8. The van der Waals surface area contributed by atoms with Crippen LogP contribution in [-0.2, 0) is 9.53 Å². The number of carbonyl (C=O) groups is 3. The van der Waals surface area contributed by atoms with E-state index in [1.807, 2.05) is 30.3 Å². The van der Waals surface area contributed by atoms with Gasteiger partial charge in [-0.25, -0.2) is 4.79 Å². The molecule has 3 rings (SSSR count). The molecule has 1 atom stereocenters. The van der Waals surface area contributed by atoms with Crippen molar-refractivity contribution < 1.29 is 23.9 Å². The molecule has 0 aliphatic heterocycles. The summed E-state index contributed by atoms with van der Waals surface area (Å²) in [5.74, 6) is 0.245. The number of ether oxygens (including phenoxy) is 2. The maximum absolute atomic E-state index is 12.3. The van der Waals surface area contributed by atoms with Gasteiger partial charge in [0.15, 0.2) is 6.10 Å². The fourth-order valence-corrected chi connectivity index (χ4v) is 2.45. The number of aldehydes is 1. The first-order valence-corrected chi connectivity index (χ1v) is 8.95. The molecule has 6 heteroatoms. The fraction of sp³-hybridized carbons (Fsp3) is 0.0870. The standard InChI is InChI=1S/C23H19NO5/c1-16(28-23(27)18-9-7-17(15-25)8-10-18)22(26)24-19-11-13-21(14-12-19)29-20-5-3-2-4-6-20/h2-16H,1H3,(H,24,26)/t16-/m0/s1. The molecule has 6 nitrogen and oxygen atoms in total. The van der Waals surface area contributed by atoms with Crippen LogP contribution >= 0.6 is 0 Å². The quantitative estimate of drug-likeness (QED) is 0.476. The molecule has 29 heavy (non-hydrogen) atoms. The predicted molar refractivity (Wildman–Crippen MR) is 108 cm³/mol. The van der Waals surface area contributed by atoms with Gasteiger partial charge in [-0.3, -0.25) is 9.59 Å². The summed E-state index contributed by atoms with van der Waals surface area (Å²) in [6, 6.07) is 22.2. The lowest BCUT2D eigenvalue weighted by Gasteiger charge is -2.14. The Hall–Kier alpha value is -3.93. The van der Waals surface area contributed by atoms with E-state index in [1.165, 1.54) is 31.2 Å². The van der Waals surface area contributed by atoms with Gasteiger partial charge in [-0.1, -0.05) is 30.3 Å². The Bertz CT molecular complexity index is 982. The van der Waals surface area contributed by atoms with Crippen molar-refractivity contribution in [2.45, 2.75) is 13.0 Å². The van der Waals surface area contributed by atoms with Crippen LogP contribution in [0.1, 0.15) is 27.6 Å². The third-order valence-corrected chi connectivity index (χ3v) is 4.04. The molecule has 0 aromatic heterocycles. The summed E-state index contributed by atoms with van der Waals surface area (Å²) in [6.45, 7) is 1.49. The van der Waals surface area contributed by atoms with Crippen molar-refractivity contribution >= 4 is 23.9 Å². The van der Waals surface area contributed by atoms with Crippen LogP contribution in [0.5, 0.6) is 11.5 Å². The largest absolute Gasteiger partial charge is 0.457 e. The zero-order chi connectivity index (χ0) is 20.6. The van der Waals surface area contributed by atoms with E-state index >= 15 is 0 Å². The maximum Gasteiger partial charge on any atom is 0.338 e. The Morgan fingerprint density at radius 1 is 0.862 bits per heavy atom. The summed E-state index contributed by atoms with van der Waals surface area (Å²) in [5.41, 5.74) is 1.26. The molecule has 0 bridgehead atoms. The van der Waals surface area contributed by atoms with Crippen LogP contribution < -0.4 is 10.1 Å². The molecule has 0 fully saturated rings. The molecule has 0 aliphatic carbocycles. The van der Waals surface area contributed by atoms with Gasteiger partial charge in [-0.15, -0.1) is 0 Å². The molecule has 0 spiro atoms. The third-order valence-electron chi connectivity index (χ3n) is 4.04. The molecule has 0 heterocycles. The van der Waals surface area contributed by atoms with E-state index in [0.29, 0.717) is 29.0 Å². The fourth-order valence-electron chi connectivity index (χ4n) is 2.45.